The predicted octanol–water partition coefficient (Wildman–Crippen LogP) is 11.9. The SMILES string of the molecule is CN1[CH-]N(c2[c-]cccc2)c2ccccc21.CN1[CH-]N(c2[c-]cccc2)c2ccccc21.[Pt].[Pt].[c-]1nc(-c2ccccc2)n(-c2ccccc2)n1.[c-]1nc(-c2ccccc2)n(-c2ccccc2)n1. The molecule has 2 aliphatic heterocycles. The van der Waals surface area contributed by atoms with Crippen LogP contribution >= 0.6 is 0 Å². The number of nitrogens with zero attached hydrogens (tertiary/aromatic N) is 10. The summed E-state index contributed by atoms with van der Waals surface area (Å²) in [6, 6.07) is 79.0. The van der Waals surface area contributed by atoms with Crippen LogP contribution in [0.15, 0.2) is 218 Å². The van der Waals surface area contributed by atoms with Crippen molar-refractivity contribution in [1.82, 2.24) is 29.5 Å². The Labute approximate surface area is 427 Å². The molecule has 12 heteroatoms. The van der Waals surface area contributed by atoms with E-state index in [2.05, 4.69) is 153 Å². The summed E-state index contributed by atoms with van der Waals surface area (Å²) >= 11 is 0. The zero-order valence-corrected chi connectivity index (χ0v) is 41.6. The smallest absolute Gasteiger partial charge is 0.0454 e. The maximum atomic E-state index is 4.19. The zero-order chi connectivity index (χ0) is 44.9. The van der Waals surface area contributed by atoms with Crippen molar-refractivity contribution in [2.75, 3.05) is 33.7 Å². The van der Waals surface area contributed by atoms with Crippen molar-refractivity contribution in [3.63, 3.8) is 0 Å². The molecule has 0 atom stereocenters. The van der Waals surface area contributed by atoms with Gasteiger partial charge < -0.3 is 38.9 Å². The first kappa shape index (κ1) is 48.5. The quantitative estimate of drug-likeness (QED) is 0.153. The van der Waals surface area contributed by atoms with Crippen molar-refractivity contribution in [3.8, 4) is 34.2 Å². The van der Waals surface area contributed by atoms with Crippen LogP contribution in [-0.2, 0) is 42.1 Å². The fourth-order valence-electron chi connectivity index (χ4n) is 7.44. The first-order chi connectivity index (χ1) is 32.6. The van der Waals surface area contributed by atoms with Gasteiger partial charge in [0.2, 0.25) is 0 Å². The van der Waals surface area contributed by atoms with E-state index in [1.807, 2.05) is 158 Å². The van der Waals surface area contributed by atoms with Gasteiger partial charge in [0.15, 0.2) is 0 Å². The van der Waals surface area contributed by atoms with Crippen molar-refractivity contribution < 1.29 is 42.1 Å². The maximum absolute atomic E-state index is 4.19. The second kappa shape index (κ2) is 23.9. The Balaban J connectivity index is 0.000000133. The average molecular weight is 1250 g/mol. The van der Waals surface area contributed by atoms with Gasteiger partial charge in [0.1, 0.15) is 0 Å². The summed E-state index contributed by atoms with van der Waals surface area (Å²) in [7, 11) is 4.11. The number of hydrogen-bond acceptors (Lipinski definition) is 8. The summed E-state index contributed by atoms with van der Waals surface area (Å²) < 4.78 is 3.57. The van der Waals surface area contributed by atoms with E-state index in [-0.39, 0.29) is 42.1 Å². The Hall–Kier alpha value is -7.38. The molecule has 0 unspecified atom stereocenters. The molecular formula is C56H44N10Pt2-6. The minimum atomic E-state index is 0. The van der Waals surface area contributed by atoms with Crippen LogP contribution in [0.3, 0.4) is 0 Å². The number of fused-ring (bicyclic) bond motifs is 2. The van der Waals surface area contributed by atoms with E-state index in [1.165, 1.54) is 22.7 Å². The molecule has 10 aromatic rings. The van der Waals surface area contributed by atoms with Crippen molar-refractivity contribution in [1.29, 1.82) is 0 Å². The van der Waals surface area contributed by atoms with Crippen LogP contribution < -0.4 is 19.6 Å². The number of anilines is 6. The Morgan fingerprint density at radius 2 is 0.691 bits per heavy atom. The molecule has 8 aromatic carbocycles. The monoisotopic (exact) mass is 1250 g/mol. The molecule has 0 spiro atoms. The normalized spacial score (nSPS) is 11.8. The Morgan fingerprint density at radius 1 is 0.368 bits per heavy atom. The third-order valence-corrected chi connectivity index (χ3v) is 10.6. The number of aromatic nitrogens is 6. The molecule has 10 nitrogen and oxygen atoms in total. The summed E-state index contributed by atoms with van der Waals surface area (Å²) in [5.74, 6) is 1.61. The molecule has 2 aliphatic rings. The minimum absolute atomic E-state index is 0. The summed E-state index contributed by atoms with van der Waals surface area (Å²) in [6.07, 6.45) is 5.32. The molecule has 344 valence electrons. The van der Waals surface area contributed by atoms with Gasteiger partial charge in [-0.1, -0.05) is 132 Å². The molecule has 0 radical (unpaired) electrons. The molecule has 0 saturated carbocycles. The first-order valence-corrected chi connectivity index (χ1v) is 21.4. The molecule has 0 aliphatic carbocycles. The molecule has 0 amide bonds. The number of benzene rings is 8. The van der Waals surface area contributed by atoms with E-state index < -0.39 is 0 Å². The topological polar surface area (TPSA) is 74.4 Å². The van der Waals surface area contributed by atoms with E-state index >= 15 is 0 Å². The van der Waals surface area contributed by atoms with Gasteiger partial charge in [-0.15, -0.1) is 11.4 Å². The van der Waals surface area contributed by atoms with E-state index in [9.17, 15) is 0 Å². The van der Waals surface area contributed by atoms with E-state index in [0.29, 0.717) is 0 Å². The second-order valence-corrected chi connectivity index (χ2v) is 15.0. The van der Waals surface area contributed by atoms with Crippen LogP contribution in [0.5, 0.6) is 0 Å². The van der Waals surface area contributed by atoms with Crippen molar-refractivity contribution in [3.05, 3.63) is 257 Å². The molecule has 12 rings (SSSR count). The van der Waals surface area contributed by atoms with Gasteiger partial charge in [-0.2, -0.15) is 74.0 Å². The second-order valence-electron chi connectivity index (χ2n) is 15.0. The third kappa shape index (κ3) is 11.4. The molecule has 68 heavy (non-hydrogen) atoms. The molecular weight excluding hydrogens is 1200 g/mol. The summed E-state index contributed by atoms with van der Waals surface area (Å²) in [4.78, 5) is 16.9. The van der Waals surface area contributed by atoms with E-state index in [4.69, 9.17) is 0 Å². The fourth-order valence-corrected chi connectivity index (χ4v) is 7.44. The van der Waals surface area contributed by atoms with Gasteiger partial charge in [0.25, 0.3) is 0 Å². The molecule has 0 N–H and O–H groups in total. The van der Waals surface area contributed by atoms with Crippen LogP contribution in [0.2, 0.25) is 0 Å². The van der Waals surface area contributed by atoms with Gasteiger partial charge in [-0.3, -0.25) is 10.2 Å². The van der Waals surface area contributed by atoms with Crippen LogP contribution in [0.1, 0.15) is 0 Å². The van der Waals surface area contributed by atoms with Gasteiger partial charge in [-0.05, 0) is 75.3 Å². The standard InChI is InChI=1S/2C14H10N3.2C14H12N2.2Pt/c2*1-3-7-12(8-4-1)14-15-11-16-17(14)13-9-5-2-6-10-13;2*1-15-11-16(12-7-3-2-4-8-12)14-10-6-5-9-13(14)15;;/h2*1-10H;2*2-7,9-11H,1H3;;/q2*-1;2*-2;;. The first-order valence-electron chi connectivity index (χ1n) is 21.4. The van der Waals surface area contributed by atoms with Crippen LogP contribution in [0.4, 0.5) is 34.1 Å². The summed E-state index contributed by atoms with van der Waals surface area (Å²) in [5.41, 5.74) is 11.0. The average Bonchev–Trinajstić information content (AvgIpc) is 4.23. The van der Waals surface area contributed by atoms with Crippen LogP contribution in [0.25, 0.3) is 34.2 Å². The van der Waals surface area contributed by atoms with Crippen LogP contribution in [-0.4, -0.2) is 43.6 Å². The largest absolute Gasteiger partial charge is 0.504 e. The molecule has 2 aromatic heterocycles. The van der Waals surface area contributed by atoms with Gasteiger partial charge in [0, 0.05) is 87.9 Å². The Bertz CT molecular complexity index is 2710. The van der Waals surface area contributed by atoms with Crippen molar-refractivity contribution in [2.45, 2.75) is 0 Å². The van der Waals surface area contributed by atoms with E-state index in [1.54, 1.807) is 9.36 Å². The molecule has 0 fully saturated rings. The molecule has 0 bridgehead atoms. The van der Waals surface area contributed by atoms with Gasteiger partial charge in [0.05, 0.1) is 0 Å². The Morgan fingerprint density at radius 3 is 1.04 bits per heavy atom. The van der Waals surface area contributed by atoms with E-state index in [0.717, 1.165) is 45.5 Å². The Kier molecular flexibility index (Phi) is 17.0. The van der Waals surface area contributed by atoms with Crippen LogP contribution in [0, 0.1) is 38.1 Å². The minimum Gasteiger partial charge on any atom is -0.504 e. The third-order valence-electron chi connectivity index (χ3n) is 10.6. The van der Waals surface area contributed by atoms with Crippen molar-refractivity contribution >= 4 is 34.1 Å². The molecule has 4 heterocycles. The number of hydrogen-bond donors (Lipinski definition) is 0. The fraction of sp³-hybridized carbons (Fsp3) is 0.0357. The zero-order valence-electron chi connectivity index (χ0n) is 37.0. The number of rotatable bonds is 6. The van der Waals surface area contributed by atoms with Gasteiger partial charge >= 0.3 is 0 Å². The summed E-state index contributed by atoms with van der Waals surface area (Å²) in [5, 5.41) is 8.29. The van der Waals surface area contributed by atoms with Crippen molar-refractivity contribution in [2.24, 2.45) is 0 Å². The van der Waals surface area contributed by atoms with Gasteiger partial charge in [-0.25, -0.2) is 0 Å². The predicted molar refractivity (Wildman–Crippen MR) is 264 cm³/mol. The summed E-state index contributed by atoms with van der Waals surface area (Å²) in [6.45, 7) is 4.16. The molecule has 0 saturated heterocycles. The number of para-hydroxylation sites is 8. The maximum Gasteiger partial charge on any atom is 0.0454 e.